The van der Waals surface area contributed by atoms with Gasteiger partial charge < -0.3 is 4.98 Å². The Hall–Kier alpha value is -1.48. The standard InChI is InChI=1S/C11H8Cl3N3O4S/c1-4-9(10(18)16-11(19)15-4)22(20,21)17-8-3-6(13)5(12)2-7(8)14/h2-3,17H,1H3,(H2,15,16,18,19). The van der Waals surface area contributed by atoms with Crippen molar-refractivity contribution in [1.82, 2.24) is 9.97 Å². The summed E-state index contributed by atoms with van der Waals surface area (Å²) in [6.45, 7) is 1.28. The molecule has 2 aromatic rings. The van der Waals surface area contributed by atoms with Gasteiger partial charge in [0.15, 0.2) is 4.90 Å². The monoisotopic (exact) mass is 383 g/mol. The van der Waals surface area contributed by atoms with Gasteiger partial charge in [-0.25, -0.2) is 13.2 Å². The van der Waals surface area contributed by atoms with E-state index in [1.807, 2.05) is 4.98 Å². The second kappa shape index (κ2) is 5.96. The maximum absolute atomic E-state index is 12.3. The summed E-state index contributed by atoms with van der Waals surface area (Å²) >= 11 is 17.4. The third-order valence-corrected chi connectivity index (χ3v) is 5.15. The third kappa shape index (κ3) is 3.30. The number of H-pyrrole nitrogens is 2. The zero-order valence-electron chi connectivity index (χ0n) is 10.8. The van der Waals surface area contributed by atoms with Gasteiger partial charge in [-0.2, -0.15) is 0 Å². The Morgan fingerprint density at radius 2 is 1.59 bits per heavy atom. The number of nitrogens with one attached hydrogen (secondary N) is 3. The quantitative estimate of drug-likeness (QED) is 0.704. The van der Waals surface area contributed by atoms with E-state index in [4.69, 9.17) is 34.8 Å². The molecule has 1 aromatic carbocycles. The first-order valence-electron chi connectivity index (χ1n) is 5.62. The van der Waals surface area contributed by atoms with Crippen molar-refractivity contribution in [2.75, 3.05) is 4.72 Å². The molecule has 0 saturated carbocycles. The van der Waals surface area contributed by atoms with Crippen LogP contribution in [-0.4, -0.2) is 18.4 Å². The Labute approximate surface area is 139 Å². The largest absolute Gasteiger partial charge is 0.325 e. The summed E-state index contributed by atoms with van der Waals surface area (Å²) in [6.07, 6.45) is 0. The smallest absolute Gasteiger partial charge is 0.310 e. The molecule has 7 nitrogen and oxygen atoms in total. The molecule has 0 aliphatic heterocycles. The van der Waals surface area contributed by atoms with Gasteiger partial charge >= 0.3 is 5.69 Å². The predicted octanol–water partition coefficient (Wildman–Crippen LogP) is 2.13. The number of aromatic amines is 2. The number of sulfonamides is 1. The number of benzene rings is 1. The van der Waals surface area contributed by atoms with Gasteiger partial charge in [0, 0.05) is 5.69 Å². The molecule has 0 fully saturated rings. The van der Waals surface area contributed by atoms with Crippen LogP contribution in [0.1, 0.15) is 5.69 Å². The summed E-state index contributed by atoms with van der Waals surface area (Å²) in [5.74, 6) is 0. The molecule has 0 bridgehead atoms. The lowest BCUT2D eigenvalue weighted by Gasteiger charge is -2.11. The fourth-order valence-electron chi connectivity index (χ4n) is 1.71. The van der Waals surface area contributed by atoms with Crippen molar-refractivity contribution < 1.29 is 8.42 Å². The molecule has 0 atom stereocenters. The lowest BCUT2D eigenvalue weighted by Crippen LogP contribution is -2.31. The summed E-state index contributed by atoms with van der Waals surface area (Å²) in [6, 6.07) is 2.46. The van der Waals surface area contributed by atoms with Crippen LogP contribution in [0.15, 0.2) is 26.6 Å². The Bertz CT molecular complexity index is 966. The Morgan fingerprint density at radius 3 is 2.18 bits per heavy atom. The summed E-state index contributed by atoms with van der Waals surface area (Å²) in [4.78, 5) is 26.2. The van der Waals surface area contributed by atoms with Crippen LogP contribution in [0.5, 0.6) is 0 Å². The first-order chi connectivity index (χ1) is 10.1. The van der Waals surface area contributed by atoms with Crippen LogP contribution >= 0.6 is 34.8 Å². The number of aromatic nitrogens is 2. The van der Waals surface area contributed by atoms with Crippen LogP contribution in [0.3, 0.4) is 0 Å². The fourth-order valence-corrected chi connectivity index (χ4v) is 3.67. The molecule has 0 saturated heterocycles. The van der Waals surface area contributed by atoms with Crippen molar-refractivity contribution in [2.24, 2.45) is 0 Å². The second-order valence-corrected chi connectivity index (χ2v) is 7.05. The SMILES string of the molecule is Cc1[nH]c(=O)[nH]c(=O)c1S(=O)(=O)Nc1cc(Cl)c(Cl)cc1Cl. The van der Waals surface area contributed by atoms with Crippen LogP contribution in [0.2, 0.25) is 15.1 Å². The summed E-state index contributed by atoms with van der Waals surface area (Å²) in [5.41, 5.74) is -2.03. The second-order valence-electron chi connectivity index (χ2n) is 4.21. The highest BCUT2D eigenvalue weighted by Crippen LogP contribution is 2.33. The number of anilines is 1. The molecule has 1 aromatic heterocycles. The van der Waals surface area contributed by atoms with E-state index in [0.717, 1.165) is 0 Å². The highest BCUT2D eigenvalue weighted by atomic mass is 35.5. The van der Waals surface area contributed by atoms with Crippen LogP contribution in [0.25, 0.3) is 0 Å². The van der Waals surface area contributed by atoms with E-state index in [9.17, 15) is 18.0 Å². The molecule has 0 radical (unpaired) electrons. The number of hydrogen-bond donors (Lipinski definition) is 3. The Morgan fingerprint density at radius 1 is 1.00 bits per heavy atom. The maximum atomic E-state index is 12.3. The van der Waals surface area contributed by atoms with Gasteiger partial charge in [0.2, 0.25) is 0 Å². The van der Waals surface area contributed by atoms with Crippen molar-refractivity contribution in [1.29, 1.82) is 0 Å². The van der Waals surface area contributed by atoms with Crippen LogP contribution in [-0.2, 0) is 10.0 Å². The zero-order valence-corrected chi connectivity index (χ0v) is 13.9. The molecule has 22 heavy (non-hydrogen) atoms. The van der Waals surface area contributed by atoms with E-state index in [2.05, 4.69) is 9.71 Å². The zero-order chi connectivity index (χ0) is 16.7. The van der Waals surface area contributed by atoms with Gasteiger partial charge in [0.05, 0.1) is 20.8 Å². The number of aryl methyl sites for hydroxylation is 1. The van der Waals surface area contributed by atoms with Crippen LogP contribution in [0, 0.1) is 6.92 Å². The van der Waals surface area contributed by atoms with Crippen molar-refractivity contribution >= 4 is 50.5 Å². The minimum absolute atomic E-state index is 0.00326. The third-order valence-electron chi connectivity index (χ3n) is 2.60. The van der Waals surface area contributed by atoms with Gasteiger partial charge in [0.25, 0.3) is 15.6 Å². The van der Waals surface area contributed by atoms with E-state index < -0.39 is 26.2 Å². The van der Waals surface area contributed by atoms with E-state index in [0.29, 0.717) is 0 Å². The molecule has 0 amide bonds. The first kappa shape index (κ1) is 16.9. The summed E-state index contributed by atoms with van der Waals surface area (Å²) < 4.78 is 26.8. The highest BCUT2D eigenvalue weighted by molar-refractivity contribution is 7.92. The molecule has 0 unspecified atom stereocenters. The topological polar surface area (TPSA) is 112 Å². The Kier molecular flexibility index (Phi) is 4.57. The van der Waals surface area contributed by atoms with E-state index in [1.165, 1.54) is 19.1 Å². The molecule has 11 heteroatoms. The maximum Gasteiger partial charge on any atom is 0.325 e. The van der Waals surface area contributed by atoms with Gasteiger partial charge in [-0.05, 0) is 19.1 Å². The average molecular weight is 385 g/mol. The summed E-state index contributed by atoms with van der Waals surface area (Å²) in [7, 11) is -4.29. The minimum Gasteiger partial charge on any atom is -0.310 e. The highest BCUT2D eigenvalue weighted by Gasteiger charge is 2.23. The molecule has 1 heterocycles. The molecular weight excluding hydrogens is 377 g/mol. The average Bonchev–Trinajstić information content (AvgIpc) is 2.33. The summed E-state index contributed by atoms with van der Waals surface area (Å²) in [5, 5.41) is 0.222. The first-order valence-corrected chi connectivity index (χ1v) is 8.24. The molecule has 3 N–H and O–H groups in total. The van der Waals surface area contributed by atoms with Crippen molar-refractivity contribution in [2.45, 2.75) is 11.8 Å². The molecule has 0 aliphatic rings. The molecular formula is C11H8Cl3N3O4S. The van der Waals surface area contributed by atoms with Gasteiger partial charge in [-0.15, -0.1) is 0 Å². The van der Waals surface area contributed by atoms with E-state index >= 15 is 0 Å². The lowest BCUT2D eigenvalue weighted by atomic mass is 10.3. The molecule has 0 aliphatic carbocycles. The fraction of sp³-hybridized carbons (Fsp3) is 0.0909. The van der Waals surface area contributed by atoms with Gasteiger partial charge in [-0.1, -0.05) is 34.8 Å². The lowest BCUT2D eigenvalue weighted by molar-refractivity contribution is 0.598. The van der Waals surface area contributed by atoms with E-state index in [-0.39, 0.29) is 26.4 Å². The van der Waals surface area contributed by atoms with Crippen LogP contribution in [0.4, 0.5) is 5.69 Å². The molecule has 118 valence electrons. The van der Waals surface area contributed by atoms with Crippen molar-refractivity contribution in [3.63, 3.8) is 0 Å². The van der Waals surface area contributed by atoms with Gasteiger partial charge in [-0.3, -0.25) is 14.5 Å². The van der Waals surface area contributed by atoms with Crippen molar-refractivity contribution in [3.05, 3.63) is 53.7 Å². The number of rotatable bonds is 3. The number of hydrogen-bond acceptors (Lipinski definition) is 4. The number of halogens is 3. The van der Waals surface area contributed by atoms with Crippen molar-refractivity contribution in [3.8, 4) is 0 Å². The predicted molar refractivity (Wildman–Crippen MR) is 84.7 cm³/mol. The van der Waals surface area contributed by atoms with Crippen LogP contribution < -0.4 is 16.0 Å². The Balaban J connectivity index is 2.57. The van der Waals surface area contributed by atoms with Gasteiger partial charge in [0.1, 0.15) is 0 Å². The molecule has 2 rings (SSSR count). The van der Waals surface area contributed by atoms with E-state index in [1.54, 1.807) is 0 Å². The molecule has 0 spiro atoms. The minimum atomic E-state index is -4.29. The normalized spacial score (nSPS) is 11.5.